The van der Waals surface area contributed by atoms with Gasteiger partial charge in [-0.25, -0.2) is 9.78 Å². The number of carboxylic acids is 1. The number of rotatable bonds is 10. The van der Waals surface area contributed by atoms with Crippen LogP contribution in [0.2, 0.25) is 0 Å². The molecule has 2 aromatic heterocycles. The monoisotopic (exact) mass is 442 g/mol. The molecule has 0 amide bonds. The first-order valence-electron chi connectivity index (χ1n) is 10.8. The highest BCUT2D eigenvalue weighted by molar-refractivity contribution is 5.77. The summed E-state index contributed by atoms with van der Waals surface area (Å²) in [6.45, 7) is 7.65. The van der Waals surface area contributed by atoms with Crippen molar-refractivity contribution in [3.63, 3.8) is 0 Å². The highest BCUT2D eigenvalue weighted by Gasteiger charge is 2.29. The number of aromatic nitrogens is 4. The fraction of sp³-hybridized carbons (Fsp3) is 0.478. The number of nitrogens with zero attached hydrogens (tertiary/aromatic N) is 4. The van der Waals surface area contributed by atoms with Gasteiger partial charge in [-0.3, -0.25) is 14.0 Å². The lowest BCUT2D eigenvalue weighted by molar-refractivity contribution is -0.152. The van der Waals surface area contributed by atoms with Gasteiger partial charge in [-0.2, -0.15) is 5.10 Å². The smallest absolute Gasteiger partial charge is 0.347 e. The zero-order valence-electron chi connectivity index (χ0n) is 19.2. The third-order valence-electron chi connectivity index (χ3n) is 5.19. The molecule has 1 N–H and O–H groups in total. The number of aryl methyl sites for hydroxylation is 3. The molecule has 2 heterocycles. The van der Waals surface area contributed by atoms with Crippen LogP contribution in [0.25, 0.3) is 11.0 Å². The molecular weight excluding hydrogens is 412 g/mol. The standard InChI is InChI=1S/C23H30N4O5/c1-6-8-17-19-20(26(5)25-17)21(28)27(18(7-2)24-19)13-14-31-15-9-11-16(12-10-15)32-23(3,4)22(29)30/h9-12H,6-8,13-14H2,1-5H3,(H,29,30). The lowest BCUT2D eigenvalue weighted by Crippen LogP contribution is -2.37. The minimum absolute atomic E-state index is 0.118. The zero-order chi connectivity index (χ0) is 23.5. The largest absolute Gasteiger partial charge is 0.492 e. The van der Waals surface area contributed by atoms with Gasteiger partial charge in [0.15, 0.2) is 11.1 Å². The summed E-state index contributed by atoms with van der Waals surface area (Å²) in [5.74, 6) is 0.686. The molecule has 3 rings (SSSR count). The van der Waals surface area contributed by atoms with Gasteiger partial charge in [0, 0.05) is 13.5 Å². The van der Waals surface area contributed by atoms with Crippen LogP contribution < -0.4 is 15.0 Å². The highest BCUT2D eigenvalue weighted by Crippen LogP contribution is 2.22. The Balaban J connectivity index is 1.74. The predicted molar refractivity (Wildman–Crippen MR) is 120 cm³/mol. The Labute approximate surface area is 186 Å². The van der Waals surface area contributed by atoms with E-state index in [1.807, 2.05) is 6.92 Å². The van der Waals surface area contributed by atoms with Crippen molar-refractivity contribution >= 4 is 17.0 Å². The second kappa shape index (κ2) is 9.42. The van der Waals surface area contributed by atoms with Crippen molar-refractivity contribution in [2.45, 2.75) is 59.1 Å². The molecule has 0 fully saturated rings. The van der Waals surface area contributed by atoms with Gasteiger partial charge in [-0.15, -0.1) is 0 Å². The quantitative estimate of drug-likeness (QED) is 0.514. The average Bonchev–Trinajstić information content (AvgIpc) is 3.06. The molecule has 0 spiro atoms. The minimum Gasteiger partial charge on any atom is -0.492 e. The Morgan fingerprint density at radius 1 is 1.16 bits per heavy atom. The first-order chi connectivity index (χ1) is 15.2. The third kappa shape index (κ3) is 4.76. The number of carbonyl (C=O) groups is 1. The Hall–Kier alpha value is -3.36. The summed E-state index contributed by atoms with van der Waals surface area (Å²) >= 11 is 0. The second-order valence-electron chi connectivity index (χ2n) is 8.09. The summed E-state index contributed by atoms with van der Waals surface area (Å²) in [4.78, 5) is 29.1. The summed E-state index contributed by atoms with van der Waals surface area (Å²) in [5.41, 5.74) is 0.608. The van der Waals surface area contributed by atoms with Crippen molar-refractivity contribution < 1.29 is 19.4 Å². The van der Waals surface area contributed by atoms with Crippen molar-refractivity contribution in [1.29, 1.82) is 0 Å². The van der Waals surface area contributed by atoms with E-state index in [4.69, 9.17) is 19.6 Å². The maximum absolute atomic E-state index is 13.2. The highest BCUT2D eigenvalue weighted by atomic mass is 16.5. The molecule has 0 radical (unpaired) electrons. The molecule has 9 nitrogen and oxygen atoms in total. The molecule has 172 valence electrons. The van der Waals surface area contributed by atoms with E-state index in [0.29, 0.717) is 41.3 Å². The second-order valence-corrected chi connectivity index (χ2v) is 8.09. The fourth-order valence-electron chi connectivity index (χ4n) is 3.46. The maximum Gasteiger partial charge on any atom is 0.347 e. The van der Waals surface area contributed by atoms with Crippen LogP contribution in [-0.2, 0) is 31.2 Å². The molecule has 1 aromatic carbocycles. The summed E-state index contributed by atoms with van der Waals surface area (Å²) in [6.07, 6.45) is 2.34. The fourth-order valence-corrected chi connectivity index (χ4v) is 3.46. The lowest BCUT2D eigenvalue weighted by Gasteiger charge is -2.21. The van der Waals surface area contributed by atoms with E-state index in [1.165, 1.54) is 13.8 Å². The minimum atomic E-state index is -1.32. The van der Waals surface area contributed by atoms with Crippen LogP contribution in [0.5, 0.6) is 11.5 Å². The van der Waals surface area contributed by atoms with Gasteiger partial charge < -0.3 is 14.6 Å². The predicted octanol–water partition coefficient (Wildman–Crippen LogP) is 2.97. The summed E-state index contributed by atoms with van der Waals surface area (Å²) in [6, 6.07) is 6.72. The molecule has 0 bridgehead atoms. The van der Waals surface area contributed by atoms with Gasteiger partial charge in [-0.1, -0.05) is 20.3 Å². The van der Waals surface area contributed by atoms with E-state index >= 15 is 0 Å². The summed E-state index contributed by atoms with van der Waals surface area (Å²) < 4.78 is 14.6. The molecule has 0 aliphatic rings. The first kappa shape index (κ1) is 23.3. The number of fused-ring (bicyclic) bond motifs is 1. The van der Waals surface area contributed by atoms with Crippen LogP contribution in [0.4, 0.5) is 0 Å². The number of hydrogen-bond acceptors (Lipinski definition) is 6. The van der Waals surface area contributed by atoms with E-state index in [9.17, 15) is 9.59 Å². The summed E-state index contributed by atoms with van der Waals surface area (Å²) in [7, 11) is 1.77. The van der Waals surface area contributed by atoms with Crippen LogP contribution in [0.3, 0.4) is 0 Å². The molecule has 0 aliphatic heterocycles. The van der Waals surface area contributed by atoms with Crippen molar-refractivity contribution in [1.82, 2.24) is 19.3 Å². The normalized spacial score (nSPS) is 11.7. The average molecular weight is 443 g/mol. The van der Waals surface area contributed by atoms with E-state index < -0.39 is 11.6 Å². The maximum atomic E-state index is 13.2. The van der Waals surface area contributed by atoms with Gasteiger partial charge in [0.1, 0.15) is 29.4 Å². The van der Waals surface area contributed by atoms with Crippen molar-refractivity contribution in [2.24, 2.45) is 7.05 Å². The van der Waals surface area contributed by atoms with E-state index in [-0.39, 0.29) is 12.2 Å². The molecule has 0 aliphatic carbocycles. The van der Waals surface area contributed by atoms with Gasteiger partial charge in [0.2, 0.25) is 0 Å². The molecule has 3 aromatic rings. The van der Waals surface area contributed by atoms with Crippen LogP contribution in [0, 0.1) is 0 Å². The van der Waals surface area contributed by atoms with Gasteiger partial charge >= 0.3 is 5.97 Å². The Morgan fingerprint density at radius 3 is 2.41 bits per heavy atom. The topological polar surface area (TPSA) is 108 Å². The Kier molecular flexibility index (Phi) is 6.86. The lowest BCUT2D eigenvalue weighted by atomic mass is 10.1. The molecule has 9 heteroatoms. The number of ether oxygens (including phenoxy) is 2. The number of aliphatic carboxylic acids is 1. The number of hydrogen-bond donors (Lipinski definition) is 1. The van der Waals surface area contributed by atoms with Crippen molar-refractivity contribution in [3.05, 3.63) is 46.1 Å². The van der Waals surface area contributed by atoms with Crippen LogP contribution >= 0.6 is 0 Å². The third-order valence-corrected chi connectivity index (χ3v) is 5.19. The molecule has 0 saturated carbocycles. The van der Waals surface area contributed by atoms with Gasteiger partial charge in [0.25, 0.3) is 5.56 Å². The molecule has 32 heavy (non-hydrogen) atoms. The summed E-state index contributed by atoms with van der Waals surface area (Å²) in [5, 5.41) is 13.7. The number of benzene rings is 1. The Bertz CT molecular complexity index is 1160. The Morgan fingerprint density at radius 2 is 1.81 bits per heavy atom. The van der Waals surface area contributed by atoms with Gasteiger partial charge in [0.05, 0.1) is 12.2 Å². The van der Waals surface area contributed by atoms with Crippen molar-refractivity contribution in [3.8, 4) is 11.5 Å². The number of carboxylic acid groups (broad SMARTS) is 1. The van der Waals surface area contributed by atoms with E-state index in [0.717, 1.165) is 18.5 Å². The van der Waals surface area contributed by atoms with Crippen molar-refractivity contribution in [2.75, 3.05) is 6.61 Å². The van der Waals surface area contributed by atoms with Crippen LogP contribution in [0.1, 0.15) is 45.6 Å². The molecule has 0 saturated heterocycles. The van der Waals surface area contributed by atoms with Crippen LogP contribution in [-0.4, -0.2) is 42.6 Å². The molecule has 0 atom stereocenters. The first-order valence-corrected chi connectivity index (χ1v) is 10.8. The SMILES string of the molecule is CCCc1nn(C)c2c(=O)n(CCOc3ccc(OC(C)(C)C(=O)O)cc3)c(CC)nc12. The van der Waals surface area contributed by atoms with E-state index in [2.05, 4.69) is 12.0 Å². The molecular formula is C23H30N4O5. The van der Waals surface area contributed by atoms with Gasteiger partial charge in [-0.05, 0) is 44.5 Å². The zero-order valence-corrected chi connectivity index (χ0v) is 19.2. The molecule has 0 unspecified atom stereocenters. The van der Waals surface area contributed by atoms with Crippen LogP contribution in [0.15, 0.2) is 29.1 Å². The van der Waals surface area contributed by atoms with E-state index in [1.54, 1.807) is 40.6 Å².